The maximum atomic E-state index is 12.5. The van der Waals surface area contributed by atoms with Crippen molar-refractivity contribution < 1.29 is 4.79 Å². The summed E-state index contributed by atoms with van der Waals surface area (Å²) < 4.78 is 2.03. The Labute approximate surface area is 176 Å². The van der Waals surface area contributed by atoms with Crippen molar-refractivity contribution in [3.05, 3.63) is 40.9 Å². The van der Waals surface area contributed by atoms with Crippen molar-refractivity contribution in [2.75, 3.05) is 6.54 Å². The van der Waals surface area contributed by atoms with Crippen LogP contribution in [0.15, 0.2) is 41.1 Å². The number of nitrogens with zero attached hydrogens (tertiary/aromatic N) is 3. The van der Waals surface area contributed by atoms with Crippen LogP contribution in [0.25, 0.3) is 11.4 Å². The molecule has 5 nitrogen and oxygen atoms in total. The first-order chi connectivity index (χ1) is 13.6. The summed E-state index contributed by atoms with van der Waals surface area (Å²) in [6.07, 6.45) is 8.20. The van der Waals surface area contributed by atoms with Crippen molar-refractivity contribution in [1.82, 2.24) is 20.1 Å². The molecule has 0 fully saturated rings. The maximum Gasteiger partial charge on any atom is 0.233 e. The largest absolute Gasteiger partial charge is 0.355 e. The molecule has 1 aliphatic carbocycles. The Bertz CT molecular complexity index is 831. The fourth-order valence-electron chi connectivity index (χ4n) is 3.31. The Balaban J connectivity index is 1.58. The Morgan fingerprint density at radius 2 is 2.07 bits per heavy atom. The number of nitrogens with one attached hydrogen (secondary N) is 1. The highest BCUT2D eigenvalue weighted by Crippen LogP contribution is 2.27. The molecule has 1 atom stereocenters. The third-order valence-corrected chi connectivity index (χ3v) is 6.25. The summed E-state index contributed by atoms with van der Waals surface area (Å²) in [5, 5.41) is 12.9. The molecule has 0 radical (unpaired) electrons. The van der Waals surface area contributed by atoms with Crippen LogP contribution in [0.4, 0.5) is 0 Å². The van der Waals surface area contributed by atoms with E-state index in [1.165, 1.54) is 43.0 Å². The quantitative estimate of drug-likeness (QED) is 0.478. The Morgan fingerprint density at radius 1 is 1.29 bits per heavy atom. The first-order valence-electron chi connectivity index (χ1n) is 9.90. The normalized spacial score (nSPS) is 15.2. The number of carbonyl (C=O) groups excluding carboxylic acids is 1. The summed E-state index contributed by atoms with van der Waals surface area (Å²) in [5.41, 5.74) is 2.44. The zero-order valence-electron chi connectivity index (χ0n) is 16.4. The zero-order chi connectivity index (χ0) is 19.9. The van der Waals surface area contributed by atoms with Crippen molar-refractivity contribution in [2.24, 2.45) is 0 Å². The molecule has 0 aliphatic heterocycles. The highest BCUT2D eigenvalue weighted by atomic mass is 35.5. The lowest BCUT2D eigenvalue weighted by molar-refractivity contribution is -0.120. The van der Waals surface area contributed by atoms with Gasteiger partial charge in [0.05, 0.1) is 5.25 Å². The van der Waals surface area contributed by atoms with E-state index in [-0.39, 0.29) is 11.2 Å². The molecule has 1 aromatic carbocycles. The molecular weight excluding hydrogens is 392 g/mol. The van der Waals surface area contributed by atoms with E-state index < -0.39 is 0 Å². The van der Waals surface area contributed by atoms with Crippen LogP contribution in [-0.4, -0.2) is 32.5 Å². The minimum absolute atomic E-state index is 0.0418. The van der Waals surface area contributed by atoms with Gasteiger partial charge in [0.15, 0.2) is 11.0 Å². The molecule has 1 amide bonds. The number of rotatable bonds is 8. The van der Waals surface area contributed by atoms with Gasteiger partial charge in [-0.05, 0) is 70.2 Å². The molecule has 7 heteroatoms. The maximum absolute atomic E-state index is 12.5. The van der Waals surface area contributed by atoms with E-state index in [0.29, 0.717) is 11.6 Å². The lowest BCUT2D eigenvalue weighted by Crippen LogP contribution is -2.32. The second kappa shape index (κ2) is 10.1. The third kappa shape index (κ3) is 5.39. The first-order valence-corrected chi connectivity index (χ1v) is 11.2. The van der Waals surface area contributed by atoms with Gasteiger partial charge >= 0.3 is 0 Å². The van der Waals surface area contributed by atoms with E-state index in [1.54, 1.807) is 0 Å². The lowest BCUT2D eigenvalue weighted by Gasteiger charge is -2.15. The van der Waals surface area contributed by atoms with E-state index in [9.17, 15) is 4.79 Å². The fraction of sp³-hybridized carbons (Fsp3) is 0.476. The van der Waals surface area contributed by atoms with Gasteiger partial charge in [-0.2, -0.15) is 0 Å². The topological polar surface area (TPSA) is 59.8 Å². The van der Waals surface area contributed by atoms with Gasteiger partial charge < -0.3 is 9.88 Å². The number of benzene rings is 1. The number of hydrogen-bond donors (Lipinski definition) is 1. The number of halogens is 1. The predicted octanol–water partition coefficient (Wildman–Crippen LogP) is 5.11. The zero-order valence-corrected chi connectivity index (χ0v) is 18.0. The van der Waals surface area contributed by atoms with Crippen LogP contribution in [0, 0.1) is 0 Å². The molecule has 3 rings (SSSR count). The van der Waals surface area contributed by atoms with Crippen molar-refractivity contribution in [3.8, 4) is 11.4 Å². The minimum Gasteiger partial charge on any atom is -0.355 e. The SMILES string of the molecule is CCn1c(S[C@@H](C)C(=O)NCCC2=CCCCC2)nnc1-c1ccc(Cl)cc1. The van der Waals surface area contributed by atoms with Crippen LogP contribution in [0.1, 0.15) is 46.0 Å². The Morgan fingerprint density at radius 3 is 2.75 bits per heavy atom. The summed E-state index contributed by atoms with van der Waals surface area (Å²) in [7, 11) is 0. The van der Waals surface area contributed by atoms with Gasteiger partial charge in [0.2, 0.25) is 5.91 Å². The predicted molar refractivity (Wildman–Crippen MR) is 116 cm³/mol. The molecule has 1 heterocycles. The fourth-order valence-corrected chi connectivity index (χ4v) is 4.37. The minimum atomic E-state index is -0.229. The van der Waals surface area contributed by atoms with Gasteiger partial charge in [-0.15, -0.1) is 10.2 Å². The van der Waals surface area contributed by atoms with Crippen LogP contribution < -0.4 is 5.32 Å². The standard InChI is InChI=1S/C21H27ClN4OS/c1-3-26-19(17-9-11-18(22)12-10-17)24-25-21(26)28-15(2)20(27)23-14-13-16-7-5-4-6-8-16/h7,9-12,15H,3-6,8,13-14H2,1-2H3,(H,23,27)/t15-/m0/s1. The van der Waals surface area contributed by atoms with Crippen LogP contribution in [0.2, 0.25) is 5.02 Å². The summed E-state index contributed by atoms with van der Waals surface area (Å²) in [5.74, 6) is 0.832. The second-order valence-corrected chi connectivity index (χ2v) is 8.71. The smallest absolute Gasteiger partial charge is 0.233 e. The molecule has 0 unspecified atom stereocenters. The van der Waals surface area contributed by atoms with Gasteiger partial charge in [0, 0.05) is 23.7 Å². The van der Waals surface area contributed by atoms with E-state index in [1.807, 2.05) is 35.8 Å². The molecule has 1 aromatic heterocycles. The number of thioether (sulfide) groups is 1. The van der Waals surface area contributed by atoms with E-state index in [4.69, 9.17) is 11.6 Å². The second-order valence-electron chi connectivity index (χ2n) is 6.97. The molecule has 1 N–H and O–H groups in total. The van der Waals surface area contributed by atoms with Crippen LogP contribution >= 0.6 is 23.4 Å². The summed E-state index contributed by atoms with van der Waals surface area (Å²) in [6.45, 7) is 5.40. The molecule has 28 heavy (non-hydrogen) atoms. The van der Waals surface area contributed by atoms with Crippen LogP contribution in [0.3, 0.4) is 0 Å². The van der Waals surface area contributed by atoms with E-state index in [0.717, 1.165) is 29.5 Å². The van der Waals surface area contributed by atoms with Gasteiger partial charge in [-0.1, -0.05) is 35.0 Å². The Kier molecular flexibility index (Phi) is 7.57. The first kappa shape index (κ1) is 20.9. The molecule has 0 spiro atoms. The summed E-state index contributed by atoms with van der Waals surface area (Å²) in [6, 6.07) is 7.55. The van der Waals surface area contributed by atoms with Gasteiger partial charge in [0.25, 0.3) is 0 Å². The summed E-state index contributed by atoms with van der Waals surface area (Å²) in [4.78, 5) is 12.5. The van der Waals surface area contributed by atoms with E-state index in [2.05, 4.69) is 28.5 Å². The van der Waals surface area contributed by atoms with Gasteiger partial charge in [-0.3, -0.25) is 4.79 Å². The van der Waals surface area contributed by atoms with Gasteiger partial charge in [-0.25, -0.2) is 0 Å². The summed E-state index contributed by atoms with van der Waals surface area (Å²) >= 11 is 7.42. The lowest BCUT2D eigenvalue weighted by atomic mass is 9.97. The third-order valence-electron chi connectivity index (χ3n) is 4.92. The van der Waals surface area contributed by atoms with E-state index >= 15 is 0 Å². The average molecular weight is 419 g/mol. The van der Waals surface area contributed by atoms with Crippen LogP contribution in [0.5, 0.6) is 0 Å². The Hall–Kier alpha value is -1.79. The molecule has 0 saturated carbocycles. The number of hydrogen-bond acceptors (Lipinski definition) is 4. The molecule has 150 valence electrons. The van der Waals surface area contributed by atoms with Crippen LogP contribution in [-0.2, 0) is 11.3 Å². The van der Waals surface area contributed by atoms with Crippen molar-refractivity contribution in [3.63, 3.8) is 0 Å². The van der Waals surface area contributed by atoms with Crippen molar-refractivity contribution in [1.29, 1.82) is 0 Å². The number of allylic oxidation sites excluding steroid dienone is 1. The highest BCUT2D eigenvalue weighted by Gasteiger charge is 2.20. The van der Waals surface area contributed by atoms with Gasteiger partial charge in [0.1, 0.15) is 0 Å². The average Bonchev–Trinajstić information content (AvgIpc) is 3.11. The number of amides is 1. The molecule has 1 aliphatic rings. The van der Waals surface area contributed by atoms with Crippen molar-refractivity contribution in [2.45, 2.75) is 62.9 Å². The molecule has 0 saturated heterocycles. The highest BCUT2D eigenvalue weighted by molar-refractivity contribution is 8.00. The molecule has 2 aromatic rings. The monoisotopic (exact) mass is 418 g/mol. The molecular formula is C21H27ClN4OS. The van der Waals surface area contributed by atoms with Crippen molar-refractivity contribution >= 4 is 29.3 Å². The molecule has 0 bridgehead atoms. The number of carbonyl (C=O) groups is 1. The number of aromatic nitrogens is 3.